The first-order chi connectivity index (χ1) is 12.6. The van der Waals surface area contributed by atoms with Crippen LogP contribution in [-0.4, -0.2) is 60.9 Å². The van der Waals surface area contributed by atoms with Crippen LogP contribution in [0.1, 0.15) is 38.2 Å². The predicted molar refractivity (Wildman–Crippen MR) is 98.9 cm³/mol. The molecule has 1 spiro atoms. The van der Waals surface area contributed by atoms with E-state index in [2.05, 4.69) is 28.5 Å². The summed E-state index contributed by atoms with van der Waals surface area (Å²) in [6, 6.07) is 8.48. The maximum atomic E-state index is 12.4. The molecular formula is C20H29N4O2+. The molecule has 6 nitrogen and oxygen atoms in total. The van der Waals surface area contributed by atoms with E-state index in [0.717, 1.165) is 63.4 Å². The average Bonchev–Trinajstić information content (AvgIpc) is 3.25. The number of fused-ring (bicyclic) bond motifs is 2. The SMILES string of the molecule is CC(=O)N[NH+]1CC2(CCN(CC(=O)N3CCCC3)CC2)c2ccccc21. The molecule has 0 saturated carbocycles. The maximum absolute atomic E-state index is 12.4. The van der Waals surface area contributed by atoms with Gasteiger partial charge in [-0.05, 0) is 38.8 Å². The summed E-state index contributed by atoms with van der Waals surface area (Å²) < 4.78 is 0. The topological polar surface area (TPSA) is 57.1 Å². The van der Waals surface area contributed by atoms with Crippen molar-refractivity contribution >= 4 is 17.5 Å². The van der Waals surface area contributed by atoms with Crippen LogP contribution >= 0.6 is 0 Å². The number of nitrogens with zero attached hydrogens (tertiary/aromatic N) is 2. The number of hydrogen-bond donors (Lipinski definition) is 2. The van der Waals surface area contributed by atoms with E-state index in [-0.39, 0.29) is 17.2 Å². The van der Waals surface area contributed by atoms with Crippen molar-refractivity contribution in [3.63, 3.8) is 0 Å². The monoisotopic (exact) mass is 357 g/mol. The van der Waals surface area contributed by atoms with E-state index in [4.69, 9.17) is 0 Å². The normalized spacial score (nSPS) is 24.7. The Bertz CT molecular complexity index is 691. The summed E-state index contributed by atoms with van der Waals surface area (Å²) in [5.41, 5.74) is 5.73. The lowest BCUT2D eigenvalue weighted by molar-refractivity contribution is -0.868. The largest absolute Gasteiger partial charge is 0.342 e. The number of hydrogen-bond acceptors (Lipinski definition) is 3. The Balaban J connectivity index is 1.43. The number of carbonyl (C=O) groups is 2. The smallest absolute Gasteiger partial charge is 0.262 e. The lowest BCUT2D eigenvalue weighted by Gasteiger charge is -2.38. The molecular weight excluding hydrogens is 328 g/mol. The first kappa shape index (κ1) is 17.5. The fraction of sp³-hybridized carbons (Fsp3) is 0.600. The molecule has 6 heteroatoms. The quantitative estimate of drug-likeness (QED) is 0.814. The highest BCUT2D eigenvalue weighted by Gasteiger charge is 2.49. The zero-order chi connectivity index (χ0) is 18.1. The number of likely N-dealkylation sites (tertiary alicyclic amines) is 2. The van der Waals surface area contributed by atoms with Gasteiger partial charge in [0.25, 0.3) is 5.91 Å². The van der Waals surface area contributed by atoms with Crippen molar-refractivity contribution in [2.45, 2.75) is 38.0 Å². The third-order valence-electron chi connectivity index (χ3n) is 6.30. The van der Waals surface area contributed by atoms with Gasteiger partial charge in [-0.25, -0.2) is 0 Å². The van der Waals surface area contributed by atoms with Gasteiger partial charge in [-0.3, -0.25) is 14.5 Å². The van der Waals surface area contributed by atoms with E-state index in [1.165, 1.54) is 11.3 Å². The van der Waals surface area contributed by atoms with Crippen molar-refractivity contribution in [1.82, 2.24) is 15.2 Å². The van der Waals surface area contributed by atoms with Crippen molar-refractivity contribution in [1.29, 1.82) is 0 Å². The van der Waals surface area contributed by atoms with Crippen LogP contribution in [0.4, 0.5) is 5.69 Å². The Morgan fingerprint density at radius 1 is 1.12 bits per heavy atom. The first-order valence-corrected chi connectivity index (χ1v) is 9.81. The molecule has 0 aliphatic carbocycles. The number of quaternary nitrogens is 1. The molecule has 1 unspecified atom stereocenters. The van der Waals surface area contributed by atoms with Gasteiger partial charge in [0.05, 0.1) is 12.0 Å². The molecule has 2 N–H and O–H groups in total. The minimum Gasteiger partial charge on any atom is -0.342 e. The minimum atomic E-state index is 0.000462. The van der Waals surface area contributed by atoms with Crippen LogP contribution in [0.5, 0.6) is 0 Å². The van der Waals surface area contributed by atoms with E-state index in [0.29, 0.717) is 6.54 Å². The van der Waals surface area contributed by atoms with Crippen LogP contribution in [0.3, 0.4) is 0 Å². The van der Waals surface area contributed by atoms with Crippen LogP contribution < -0.4 is 10.4 Å². The Kier molecular flexibility index (Phi) is 4.71. The van der Waals surface area contributed by atoms with Gasteiger partial charge in [0.2, 0.25) is 5.91 Å². The molecule has 1 atom stereocenters. The maximum Gasteiger partial charge on any atom is 0.262 e. The van der Waals surface area contributed by atoms with Gasteiger partial charge in [0.1, 0.15) is 6.54 Å². The number of piperidine rings is 1. The molecule has 26 heavy (non-hydrogen) atoms. The van der Waals surface area contributed by atoms with E-state index < -0.39 is 0 Å². The van der Waals surface area contributed by atoms with Gasteiger partial charge in [-0.2, -0.15) is 10.4 Å². The summed E-state index contributed by atoms with van der Waals surface area (Å²) >= 11 is 0. The second-order valence-corrected chi connectivity index (χ2v) is 8.03. The number of carbonyl (C=O) groups excluding carboxylic acids is 2. The van der Waals surface area contributed by atoms with Gasteiger partial charge >= 0.3 is 0 Å². The highest BCUT2D eigenvalue weighted by molar-refractivity contribution is 5.78. The van der Waals surface area contributed by atoms with Crippen LogP contribution in [0.15, 0.2) is 24.3 Å². The van der Waals surface area contributed by atoms with Crippen LogP contribution in [0, 0.1) is 0 Å². The first-order valence-electron chi connectivity index (χ1n) is 9.81. The standard InChI is InChI=1S/C20H28N4O2/c1-16(25)21-24-15-20(17-6-2-3-7-18(17)24)8-12-22(13-9-20)14-19(26)23-10-4-5-11-23/h2-3,6-7H,4-5,8-15H2,1H3,(H,21,25)/p+1. The molecule has 3 heterocycles. The van der Waals surface area contributed by atoms with Crippen LogP contribution in [-0.2, 0) is 15.0 Å². The van der Waals surface area contributed by atoms with Crippen LogP contribution in [0.25, 0.3) is 0 Å². The van der Waals surface area contributed by atoms with Crippen molar-refractivity contribution in [3.05, 3.63) is 29.8 Å². The minimum absolute atomic E-state index is 0.000462. The van der Waals surface area contributed by atoms with Gasteiger partial charge in [0.15, 0.2) is 5.69 Å². The molecule has 0 bridgehead atoms. The number of nitrogens with one attached hydrogen (secondary N) is 2. The average molecular weight is 357 g/mol. The Labute approximate surface area is 155 Å². The van der Waals surface area contributed by atoms with Crippen molar-refractivity contribution in [3.8, 4) is 0 Å². The van der Waals surface area contributed by atoms with Gasteiger partial charge in [-0.1, -0.05) is 18.2 Å². The summed E-state index contributed by atoms with van der Waals surface area (Å²) in [6.07, 6.45) is 4.38. The lowest BCUT2D eigenvalue weighted by Crippen LogP contribution is -3.14. The number of rotatable bonds is 3. The Hall–Kier alpha value is -1.92. The molecule has 3 aliphatic rings. The number of amides is 2. The molecule has 3 aliphatic heterocycles. The fourth-order valence-electron chi connectivity index (χ4n) is 4.90. The third kappa shape index (κ3) is 3.23. The molecule has 1 aromatic rings. The highest BCUT2D eigenvalue weighted by Crippen LogP contribution is 2.40. The van der Waals surface area contributed by atoms with Gasteiger partial charge in [0, 0.05) is 31.6 Å². The van der Waals surface area contributed by atoms with E-state index in [1.54, 1.807) is 6.92 Å². The molecule has 4 rings (SSSR count). The predicted octanol–water partition coefficient (Wildman–Crippen LogP) is 0.224. The van der Waals surface area contributed by atoms with E-state index in [1.807, 2.05) is 11.0 Å². The molecule has 140 valence electrons. The van der Waals surface area contributed by atoms with Gasteiger partial charge < -0.3 is 4.90 Å². The highest BCUT2D eigenvalue weighted by atomic mass is 16.2. The summed E-state index contributed by atoms with van der Waals surface area (Å²) in [4.78, 5) is 28.4. The number of benzene rings is 1. The summed E-state index contributed by atoms with van der Waals surface area (Å²) in [5.74, 6) is 0.288. The van der Waals surface area contributed by atoms with Crippen LogP contribution in [0.2, 0.25) is 0 Å². The second-order valence-electron chi connectivity index (χ2n) is 8.03. The summed E-state index contributed by atoms with van der Waals surface area (Å²) in [6.45, 7) is 6.79. The van der Waals surface area contributed by atoms with E-state index in [9.17, 15) is 9.59 Å². The molecule has 0 aromatic heterocycles. The second kappa shape index (κ2) is 7.00. The summed E-state index contributed by atoms with van der Waals surface area (Å²) in [5, 5.41) is 1.06. The Morgan fingerprint density at radius 3 is 2.50 bits per heavy atom. The summed E-state index contributed by atoms with van der Waals surface area (Å²) in [7, 11) is 0. The molecule has 2 amide bonds. The van der Waals surface area contributed by atoms with Crippen molar-refractivity contribution in [2.24, 2.45) is 0 Å². The molecule has 0 radical (unpaired) electrons. The molecule has 1 aromatic carbocycles. The fourth-order valence-corrected chi connectivity index (χ4v) is 4.90. The van der Waals surface area contributed by atoms with E-state index >= 15 is 0 Å². The number of para-hydroxylation sites is 1. The third-order valence-corrected chi connectivity index (χ3v) is 6.30. The molecule has 2 saturated heterocycles. The zero-order valence-corrected chi connectivity index (χ0v) is 15.6. The van der Waals surface area contributed by atoms with Crippen molar-refractivity contribution < 1.29 is 14.6 Å². The zero-order valence-electron chi connectivity index (χ0n) is 15.6. The van der Waals surface area contributed by atoms with Crippen molar-refractivity contribution in [2.75, 3.05) is 39.3 Å². The lowest BCUT2D eigenvalue weighted by atomic mass is 9.74. The molecule has 2 fully saturated rings. The van der Waals surface area contributed by atoms with Gasteiger partial charge in [-0.15, -0.1) is 0 Å². The Morgan fingerprint density at radius 2 is 1.81 bits per heavy atom.